The summed E-state index contributed by atoms with van der Waals surface area (Å²) in [6, 6.07) is 7.81. The van der Waals surface area contributed by atoms with E-state index >= 15 is 0 Å². The van der Waals surface area contributed by atoms with Gasteiger partial charge in [-0.15, -0.1) is 0 Å². The fraction of sp³-hybridized carbons (Fsp3) is 0.214. The van der Waals surface area contributed by atoms with Gasteiger partial charge in [0.25, 0.3) is 0 Å². The van der Waals surface area contributed by atoms with Gasteiger partial charge in [-0.25, -0.2) is 0 Å². The first-order valence-corrected chi connectivity index (χ1v) is 5.50. The van der Waals surface area contributed by atoms with Crippen molar-refractivity contribution >= 4 is 22.5 Å². The minimum atomic E-state index is -0.00819. The van der Waals surface area contributed by atoms with Crippen LogP contribution in [0, 0.1) is 0 Å². The minimum absolute atomic E-state index is 0.00819. The molecule has 1 aromatic carbocycles. The van der Waals surface area contributed by atoms with Crippen molar-refractivity contribution in [2.24, 2.45) is 0 Å². The lowest BCUT2D eigenvalue weighted by atomic mass is 10.0. The summed E-state index contributed by atoms with van der Waals surface area (Å²) in [7, 11) is 3.83. The summed E-state index contributed by atoms with van der Waals surface area (Å²) in [6.07, 6.45) is 0. The summed E-state index contributed by atoms with van der Waals surface area (Å²) in [5.74, 6) is 0.824. The van der Waals surface area contributed by atoms with Crippen LogP contribution in [-0.2, 0) is 0 Å². The Morgan fingerprint density at radius 1 is 1.29 bits per heavy atom. The molecule has 2 rings (SSSR count). The lowest BCUT2D eigenvalue weighted by Crippen LogP contribution is -2.13. The number of rotatable bonds is 3. The maximum Gasteiger partial charge on any atom is 0.192 e. The average Bonchev–Trinajstić information content (AvgIpc) is 2.67. The highest BCUT2D eigenvalue weighted by Gasteiger charge is 2.19. The molecule has 88 valence electrons. The smallest absolute Gasteiger partial charge is 0.192 e. The van der Waals surface area contributed by atoms with Gasteiger partial charge in [0.1, 0.15) is 5.82 Å². The Morgan fingerprint density at radius 3 is 2.53 bits per heavy atom. The van der Waals surface area contributed by atoms with Gasteiger partial charge in [-0.1, -0.05) is 24.8 Å². The van der Waals surface area contributed by atoms with Crippen LogP contribution >= 0.6 is 0 Å². The van der Waals surface area contributed by atoms with Crippen molar-refractivity contribution in [3.8, 4) is 0 Å². The van der Waals surface area contributed by atoms with E-state index in [1.54, 1.807) is 6.92 Å². The van der Waals surface area contributed by atoms with Crippen LogP contribution in [0.2, 0.25) is 0 Å². The molecule has 0 aliphatic rings. The monoisotopic (exact) mass is 228 g/mol. The van der Waals surface area contributed by atoms with E-state index in [0.717, 1.165) is 16.7 Å². The molecular formula is C14H16N2O. The maximum absolute atomic E-state index is 12.2. The molecule has 0 atom stereocenters. The number of aromatic amines is 1. The number of fused-ring (bicyclic) bond motifs is 1. The number of Topliss-reactive ketones (excluding diaryl/α,β-unsaturated/α-hetero) is 1. The summed E-state index contributed by atoms with van der Waals surface area (Å²) >= 11 is 0. The summed E-state index contributed by atoms with van der Waals surface area (Å²) in [5, 5.41) is 0.948. The van der Waals surface area contributed by atoms with Crippen LogP contribution in [0.25, 0.3) is 10.9 Å². The van der Waals surface area contributed by atoms with Crippen molar-refractivity contribution in [2.45, 2.75) is 6.92 Å². The van der Waals surface area contributed by atoms with Gasteiger partial charge in [0, 0.05) is 25.0 Å². The number of anilines is 1. The number of carbonyl (C=O) groups excluding carboxylic acids is 1. The number of allylic oxidation sites excluding steroid dienone is 1. The van der Waals surface area contributed by atoms with Gasteiger partial charge in [-0.2, -0.15) is 0 Å². The number of nitrogens with zero attached hydrogens (tertiary/aromatic N) is 1. The van der Waals surface area contributed by atoms with Crippen molar-refractivity contribution in [1.29, 1.82) is 0 Å². The molecule has 0 amide bonds. The Balaban J connectivity index is 2.77. The third kappa shape index (κ3) is 1.84. The van der Waals surface area contributed by atoms with Crippen LogP contribution in [0.5, 0.6) is 0 Å². The fourth-order valence-corrected chi connectivity index (χ4v) is 1.91. The number of hydrogen-bond acceptors (Lipinski definition) is 2. The lowest BCUT2D eigenvalue weighted by Gasteiger charge is -2.12. The number of para-hydroxylation sites is 1. The number of H-pyrrole nitrogens is 1. The fourth-order valence-electron chi connectivity index (χ4n) is 1.91. The van der Waals surface area contributed by atoms with Gasteiger partial charge in [0.2, 0.25) is 0 Å². The second-order valence-corrected chi connectivity index (χ2v) is 4.40. The van der Waals surface area contributed by atoms with Gasteiger partial charge in [-0.3, -0.25) is 4.79 Å². The molecule has 0 aliphatic carbocycles. The number of hydrogen-bond donors (Lipinski definition) is 1. The second kappa shape index (κ2) is 4.09. The van der Waals surface area contributed by atoms with E-state index in [1.165, 1.54) is 0 Å². The summed E-state index contributed by atoms with van der Waals surface area (Å²) in [4.78, 5) is 17.4. The SMILES string of the molecule is C=C(C)C(=O)c1c(N(C)C)[nH]c2ccccc12. The molecule has 1 aromatic heterocycles. The summed E-state index contributed by atoms with van der Waals surface area (Å²) in [6.45, 7) is 5.48. The van der Waals surface area contributed by atoms with Crippen LogP contribution in [0.4, 0.5) is 5.82 Å². The normalized spacial score (nSPS) is 10.5. The number of nitrogens with one attached hydrogen (secondary N) is 1. The van der Waals surface area contributed by atoms with Crippen molar-refractivity contribution in [2.75, 3.05) is 19.0 Å². The number of aromatic nitrogens is 1. The van der Waals surface area contributed by atoms with Crippen molar-refractivity contribution in [3.63, 3.8) is 0 Å². The second-order valence-electron chi connectivity index (χ2n) is 4.40. The number of carbonyl (C=O) groups is 1. The lowest BCUT2D eigenvalue weighted by molar-refractivity contribution is 0.103. The zero-order valence-corrected chi connectivity index (χ0v) is 10.4. The molecule has 0 spiro atoms. The Kier molecular flexibility index (Phi) is 2.76. The van der Waals surface area contributed by atoms with E-state index < -0.39 is 0 Å². The third-order valence-corrected chi connectivity index (χ3v) is 2.75. The van der Waals surface area contributed by atoms with Crippen LogP contribution in [0.1, 0.15) is 17.3 Å². The van der Waals surface area contributed by atoms with E-state index in [1.807, 2.05) is 43.3 Å². The summed E-state index contributed by atoms with van der Waals surface area (Å²) < 4.78 is 0. The molecule has 0 radical (unpaired) electrons. The predicted octanol–water partition coefficient (Wildman–Crippen LogP) is 2.99. The van der Waals surface area contributed by atoms with Gasteiger partial charge >= 0.3 is 0 Å². The zero-order chi connectivity index (χ0) is 12.6. The summed E-state index contributed by atoms with van der Waals surface area (Å²) in [5.41, 5.74) is 2.23. The predicted molar refractivity (Wildman–Crippen MR) is 71.8 cm³/mol. The van der Waals surface area contributed by atoms with E-state index in [4.69, 9.17) is 0 Å². The molecule has 0 fully saturated rings. The highest BCUT2D eigenvalue weighted by atomic mass is 16.1. The van der Waals surface area contributed by atoms with Gasteiger partial charge in [-0.05, 0) is 18.6 Å². The van der Waals surface area contributed by atoms with Gasteiger partial charge in [0.15, 0.2) is 5.78 Å². The van der Waals surface area contributed by atoms with E-state index in [9.17, 15) is 4.79 Å². The number of benzene rings is 1. The molecule has 0 saturated carbocycles. The molecule has 0 unspecified atom stereocenters. The molecule has 0 saturated heterocycles. The Bertz CT molecular complexity index is 593. The molecule has 1 heterocycles. The van der Waals surface area contributed by atoms with E-state index in [2.05, 4.69) is 11.6 Å². The Hall–Kier alpha value is -2.03. The minimum Gasteiger partial charge on any atom is -0.364 e. The average molecular weight is 228 g/mol. The van der Waals surface area contributed by atoms with Gasteiger partial charge in [0.05, 0.1) is 5.56 Å². The molecule has 1 N–H and O–H groups in total. The largest absolute Gasteiger partial charge is 0.364 e. The zero-order valence-electron chi connectivity index (χ0n) is 10.4. The highest BCUT2D eigenvalue weighted by molar-refractivity contribution is 6.19. The van der Waals surface area contributed by atoms with Crippen LogP contribution in [0.15, 0.2) is 36.4 Å². The molecule has 2 aromatic rings. The number of ketones is 1. The topological polar surface area (TPSA) is 36.1 Å². The molecule has 3 nitrogen and oxygen atoms in total. The Morgan fingerprint density at radius 2 is 1.94 bits per heavy atom. The highest BCUT2D eigenvalue weighted by Crippen LogP contribution is 2.29. The standard InChI is InChI=1S/C14H16N2O/c1-9(2)13(17)12-10-7-5-6-8-11(10)15-14(12)16(3)4/h5-8,15H,1H2,2-4H3. The van der Waals surface area contributed by atoms with E-state index in [0.29, 0.717) is 11.1 Å². The van der Waals surface area contributed by atoms with Crippen molar-refractivity contribution in [1.82, 2.24) is 4.98 Å². The van der Waals surface area contributed by atoms with Crippen LogP contribution < -0.4 is 4.90 Å². The van der Waals surface area contributed by atoms with Crippen LogP contribution in [-0.4, -0.2) is 24.9 Å². The maximum atomic E-state index is 12.2. The van der Waals surface area contributed by atoms with Crippen molar-refractivity contribution in [3.05, 3.63) is 42.0 Å². The third-order valence-electron chi connectivity index (χ3n) is 2.75. The molecular weight excluding hydrogens is 212 g/mol. The molecule has 3 heteroatoms. The van der Waals surface area contributed by atoms with E-state index in [-0.39, 0.29) is 5.78 Å². The first-order chi connectivity index (χ1) is 8.02. The first kappa shape index (κ1) is 11.5. The quantitative estimate of drug-likeness (QED) is 0.647. The van der Waals surface area contributed by atoms with Crippen LogP contribution in [0.3, 0.4) is 0 Å². The van der Waals surface area contributed by atoms with Crippen molar-refractivity contribution < 1.29 is 4.79 Å². The molecule has 0 aliphatic heterocycles. The van der Waals surface area contributed by atoms with Gasteiger partial charge < -0.3 is 9.88 Å². The molecule has 0 bridgehead atoms. The first-order valence-electron chi connectivity index (χ1n) is 5.50. The molecule has 17 heavy (non-hydrogen) atoms. The Labute approximate surface area is 101 Å².